The molecule has 0 aliphatic carbocycles. The number of imidazole rings is 1. The third-order valence-electron chi connectivity index (χ3n) is 5.83. The van der Waals surface area contributed by atoms with Crippen LogP contribution in [0.3, 0.4) is 0 Å². The number of H-pyrrole nitrogens is 1. The van der Waals surface area contributed by atoms with Crippen LogP contribution in [0.25, 0.3) is 22.5 Å². The van der Waals surface area contributed by atoms with Crippen LogP contribution in [0.5, 0.6) is 0 Å². The van der Waals surface area contributed by atoms with Gasteiger partial charge in [-0.2, -0.15) is 5.21 Å². The van der Waals surface area contributed by atoms with Gasteiger partial charge in [-0.25, -0.2) is 4.98 Å². The molecular formula is C25H28ClN7O3. The summed E-state index contributed by atoms with van der Waals surface area (Å²) in [5, 5.41) is 23.8. The quantitative estimate of drug-likeness (QED) is 0.261. The van der Waals surface area contributed by atoms with Crippen LogP contribution < -0.4 is 5.73 Å². The van der Waals surface area contributed by atoms with E-state index >= 15 is 0 Å². The Balaban J connectivity index is 1.59. The van der Waals surface area contributed by atoms with E-state index in [0.29, 0.717) is 18.1 Å². The first-order valence-electron chi connectivity index (χ1n) is 11.7. The predicted octanol–water partition coefficient (Wildman–Crippen LogP) is 3.14. The molecule has 10 nitrogen and oxygen atoms in total. The van der Waals surface area contributed by atoms with Crippen LogP contribution in [0, 0.1) is 0 Å². The van der Waals surface area contributed by atoms with Crippen molar-refractivity contribution in [3.63, 3.8) is 0 Å². The number of nitrogens with zero attached hydrogens (tertiary/aromatic N) is 5. The van der Waals surface area contributed by atoms with E-state index in [9.17, 15) is 4.79 Å². The molecule has 0 amide bonds. The Morgan fingerprint density at radius 3 is 2.61 bits per heavy atom. The molecule has 1 atom stereocenters. The Morgan fingerprint density at radius 2 is 1.94 bits per heavy atom. The highest BCUT2D eigenvalue weighted by Gasteiger charge is 2.20. The number of rotatable bonds is 11. The molecular weight excluding hydrogens is 482 g/mol. The zero-order valence-electron chi connectivity index (χ0n) is 19.9. The molecule has 36 heavy (non-hydrogen) atoms. The third-order valence-corrected chi connectivity index (χ3v) is 6.13. The maximum atomic E-state index is 12.0. The number of aliphatic hydroxyl groups is 1. The fraction of sp³-hybridized carbons (Fsp3) is 0.320. The van der Waals surface area contributed by atoms with Gasteiger partial charge in [0.15, 0.2) is 5.15 Å². The van der Waals surface area contributed by atoms with Crippen molar-refractivity contribution in [2.45, 2.75) is 45.4 Å². The lowest BCUT2D eigenvalue weighted by atomic mass is 9.98. The number of ether oxygens (including phenoxy) is 1. The van der Waals surface area contributed by atoms with Crippen molar-refractivity contribution in [1.82, 2.24) is 30.2 Å². The summed E-state index contributed by atoms with van der Waals surface area (Å²) in [7, 11) is 0. The van der Waals surface area contributed by atoms with Gasteiger partial charge in [-0.15, -0.1) is 10.2 Å². The number of benzene rings is 2. The summed E-state index contributed by atoms with van der Waals surface area (Å²) in [6.07, 6.45) is 2.71. The summed E-state index contributed by atoms with van der Waals surface area (Å²) in [4.78, 5) is 16.5. The Morgan fingerprint density at radius 1 is 1.19 bits per heavy atom. The maximum absolute atomic E-state index is 12.0. The van der Waals surface area contributed by atoms with Crippen LogP contribution >= 0.6 is 11.6 Å². The van der Waals surface area contributed by atoms with E-state index in [1.165, 1.54) is 0 Å². The molecule has 0 saturated heterocycles. The van der Waals surface area contributed by atoms with Crippen LogP contribution in [-0.4, -0.2) is 53.9 Å². The highest BCUT2D eigenvalue weighted by atomic mass is 35.5. The second kappa shape index (κ2) is 11.9. The number of carbonyl (C=O) groups is 1. The van der Waals surface area contributed by atoms with Crippen LogP contribution in [0.2, 0.25) is 5.15 Å². The van der Waals surface area contributed by atoms with E-state index in [1.54, 1.807) is 0 Å². The number of aryl methyl sites for hydroxylation is 1. The molecule has 0 saturated carbocycles. The Kier molecular flexibility index (Phi) is 8.42. The van der Waals surface area contributed by atoms with Gasteiger partial charge in [0.2, 0.25) is 5.82 Å². The molecule has 11 heteroatoms. The summed E-state index contributed by atoms with van der Waals surface area (Å²) in [6, 6.07) is 14.9. The summed E-state index contributed by atoms with van der Waals surface area (Å²) in [5.74, 6) is 0.662. The lowest BCUT2D eigenvalue weighted by molar-refractivity contribution is -0.147. The van der Waals surface area contributed by atoms with E-state index in [4.69, 9.17) is 27.2 Å². The van der Waals surface area contributed by atoms with Crippen molar-refractivity contribution in [2.75, 3.05) is 6.61 Å². The Labute approximate surface area is 213 Å². The molecule has 2 aromatic carbocycles. The van der Waals surface area contributed by atoms with Gasteiger partial charge in [-0.1, -0.05) is 73.5 Å². The lowest BCUT2D eigenvalue weighted by Crippen LogP contribution is -2.35. The predicted molar refractivity (Wildman–Crippen MR) is 135 cm³/mol. The van der Waals surface area contributed by atoms with Gasteiger partial charge in [0.25, 0.3) is 0 Å². The summed E-state index contributed by atoms with van der Waals surface area (Å²) in [5.41, 5.74) is 10.1. The van der Waals surface area contributed by atoms with Crippen LogP contribution in [0.4, 0.5) is 0 Å². The van der Waals surface area contributed by atoms with Gasteiger partial charge >= 0.3 is 5.97 Å². The largest absolute Gasteiger partial charge is 0.458 e. The lowest BCUT2D eigenvalue weighted by Gasteiger charge is -2.14. The topological polar surface area (TPSA) is 145 Å². The number of aromatic nitrogens is 6. The molecule has 0 aliphatic heterocycles. The minimum atomic E-state index is -1.09. The molecule has 4 rings (SSSR count). The number of carbonyl (C=O) groups excluding carboxylic acids is 1. The van der Waals surface area contributed by atoms with Crippen molar-refractivity contribution in [3.8, 4) is 22.5 Å². The van der Waals surface area contributed by atoms with Gasteiger partial charge < -0.3 is 20.1 Å². The number of aliphatic hydroxyl groups excluding tert-OH is 1. The average molecular weight is 510 g/mol. The molecule has 0 aliphatic rings. The molecule has 2 heterocycles. The highest BCUT2D eigenvalue weighted by molar-refractivity contribution is 6.30. The van der Waals surface area contributed by atoms with Crippen molar-refractivity contribution >= 4 is 17.6 Å². The summed E-state index contributed by atoms with van der Waals surface area (Å²) in [6.45, 7) is 2.04. The molecule has 0 spiro atoms. The standard InChI is InChI=1S/C25H28ClN7O3/c1-2-3-8-22-28-23(26)21(15-36-25(35)20(27)14-34)33(22)13-16-9-11-17(12-10-16)18-6-4-5-7-19(18)24-29-31-32-30-24/h4-7,9-12,20,34H,2-3,8,13-15,27H2,1H3,(H,29,30,31,32)/t20-/m1/s1. The molecule has 0 fully saturated rings. The second-order valence-electron chi connectivity index (χ2n) is 8.33. The maximum Gasteiger partial charge on any atom is 0.325 e. The van der Waals surface area contributed by atoms with E-state index in [-0.39, 0.29) is 11.8 Å². The molecule has 4 N–H and O–H groups in total. The SMILES string of the molecule is CCCCc1nc(Cl)c(COC(=O)[C@H](N)CO)n1Cc1ccc(-c2ccccc2-c2nn[nH]n2)cc1. The first-order chi connectivity index (χ1) is 17.5. The summed E-state index contributed by atoms with van der Waals surface area (Å²) >= 11 is 6.44. The van der Waals surface area contributed by atoms with E-state index < -0.39 is 18.6 Å². The number of esters is 1. The van der Waals surface area contributed by atoms with Gasteiger partial charge in [-0.3, -0.25) is 4.79 Å². The number of nitrogens with two attached hydrogens (primary N) is 1. The zero-order valence-corrected chi connectivity index (χ0v) is 20.6. The second-order valence-corrected chi connectivity index (χ2v) is 8.69. The molecule has 0 unspecified atom stereocenters. The molecule has 0 bridgehead atoms. The van der Waals surface area contributed by atoms with Crippen molar-refractivity contribution in [2.24, 2.45) is 5.73 Å². The molecule has 2 aromatic heterocycles. The fourth-order valence-corrected chi connectivity index (χ4v) is 4.11. The average Bonchev–Trinajstić information content (AvgIpc) is 3.54. The minimum absolute atomic E-state index is 0.0827. The minimum Gasteiger partial charge on any atom is -0.458 e. The number of unbranched alkanes of at least 4 members (excludes halogenated alkanes) is 1. The first-order valence-corrected chi connectivity index (χ1v) is 12.1. The fourth-order valence-electron chi connectivity index (χ4n) is 3.85. The van der Waals surface area contributed by atoms with Crippen molar-refractivity contribution < 1.29 is 14.6 Å². The Hall–Kier alpha value is -3.60. The molecule has 188 valence electrons. The number of tetrazole rings is 1. The zero-order chi connectivity index (χ0) is 25.5. The smallest absolute Gasteiger partial charge is 0.325 e. The third kappa shape index (κ3) is 5.78. The van der Waals surface area contributed by atoms with E-state index in [1.807, 2.05) is 53.1 Å². The first kappa shape index (κ1) is 25.5. The molecule has 4 aromatic rings. The van der Waals surface area contributed by atoms with Crippen LogP contribution in [0.15, 0.2) is 48.5 Å². The normalized spacial score (nSPS) is 12.0. The number of nitrogens with one attached hydrogen (secondary N) is 1. The van der Waals surface area contributed by atoms with Gasteiger partial charge in [0, 0.05) is 18.5 Å². The van der Waals surface area contributed by atoms with Gasteiger partial charge in [-0.05, 0) is 28.3 Å². The number of hydrogen-bond donors (Lipinski definition) is 3. The molecule has 0 radical (unpaired) electrons. The van der Waals surface area contributed by atoms with Crippen LogP contribution in [-0.2, 0) is 29.1 Å². The van der Waals surface area contributed by atoms with E-state index in [2.05, 4.69) is 32.5 Å². The van der Waals surface area contributed by atoms with Crippen LogP contribution in [0.1, 0.15) is 36.8 Å². The monoisotopic (exact) mass is 509 g/mol. The number of aromatic amines is 1. The highest BCUT2D eigenvalue weighted by Crippen LogP contribution is 2.30. The number of hydrogen-bond acceptors (Lipinski definition) is 8. The Bertz CT molecular complexity index is 1290. The van der Waals surface area contributed by atoms with E-state index in [0.717, 1.165) is 47.3 Å². The van der Waals surface area contributed by atoms with Crippen molar-refractivity contribution in [3.05, 3.63) is 70.8 Å². The summed E-state index contributed by atoms with van der Waals surface area (Å²) < 4.78 is 7.28. The number of halogens is 1. The van der Waals surface area contributed by atoms with Crippen molar-refractivity contribution in [1.29, 1.82) is 0 Å². The van der Waals surface area contributed by atoms with Gasteiger partial charge in [0.05, 0.1) is 12.3 Å². The van der Waals surface area contributed by atoms with Gasteiger partial charge in [0.1, 0.15) is 18.5 Å².